The first kappa shape index (κ1) is 12.2. The van der Waals surface area contributed by atoms with Gasteiger partial charge in [-0.2, -0.15) is 5.26 Å². The molecule has 15 heavy (non-hydrogen) atoms. The second-order valence-corrected chi connectivity index (χ2v) is 4.54. The number of nitrogens with zero attached hydrogens (tertiary/aromatic N) is 1. The van der Waals surface area contributed by atoms with Crippen LogP contribution in [0.5, 0.6) is 0 Å². The van der Waals surface area contributed by atoms with Crippen LogP contribution in [0.25, 0.3) is 0 Å². The lowest BCUT2D eigenvalue weighted by Crippen LogP contribution is -1.98. The van der Waals surface area contributed by atoms with E-state index in [2.05, 4.69) is 28.7 Å². The monoisotopic (exact) mass is 313 g/mol. The van der Waals surface area contributed by atoms with Crippen molar-refractivity contribution in [1.82, 2.24) is 0 Å². The first-order chi connectivity index (χ1) is 7.24. The Labute approximate surface area is 103 Å². The van der Waals surface area contributed by atoms with E-state index in [0.717, 1.165) is 22.0 Å². The molecular formula is C12H12INO. The number of Topliss-reactive ketones (excluding diaryl/α,β-unsaturated/α-hetero) is 1. The van der Waals surface area contributed by atoms with Gasteiger partial charge in [0, 0.05) is 22.0 Å². The molecule has 0 radical (unpaired) electrons. The van der Waals surface area contributed by atoms with Gasteiger partial charge in [0.05, 0.1) is 6.07 Å². The van der Waals surface area contributed by atoms with E-state index in [1.165, 1.54) is 0 Å². The van der Waals surface area contributed by atoms with Crippen LogP contribution in [0, 0.1) is 14.9 Å². The van der Waals surface area contributed by atoms with Gasteiger partial charge < -0.3 is 0 Å². The Kier molecular flexibility index (Phi) is 5.33. The molecule has 0 saturated carbocycles. The van der Waals surface area contributed by atoms with E-state index in [1.807, 2.05) is 24.3 Å². The summed E-state index contributed by atoms with van der Waals surface area (Å²) in [7, 11) is 0. The first-order valence-corrected chi connectivity index (χ1v) is 5.97. The Bertz CT molecular complexity index is 364. The van der Waals surface area contributed by atoms with Crippen molar-refractivity contribution in [2.75, 3.05) is 0 Å². The summed E-state index contributed by atoms with van der Waals surface area (Å²) in [5, 5.41) is 8.34. The predicted octanol–water partition coefficient (Wildman–Crippen LogP) is 3.56. The van der Waals surface area contributed by atoms with E-state index in [1.54, 1.807) is 0 Å². The highest BCUT2D eigenvalue weighted by Crippen LogP contribution is 2.10. The minimum Gasteiger partial charge on any atom is -0.294 e. The molecule has 0 aromatic heterocycles. The van der Waals surface area contributed by atoms with E-state index in [9.17, 15) is 4.79 Å². The molecule has 0 aliphatic carbocycles. The fourth-order valence-corrected chi connectivity index (χ4v) is 1.63. The van der Waals surface area contributed by atoms with Crippen molar-refractivity contribution in [2.45, 2.75) is 25.7 Å². The molecule has 1 rings (SSSR count). The molecule has 0 bridgehead atoms. The molecule has 0 fully saturated rings. The number of benzene rings is 1. The summed E-state index contributed by atoms with van der Waals surface area (Å²) in [5.74, 6) is 0.171. The van der Waals surface area contributed by atoms with Crippen LogP contribution in [-0.2, 0) is 0 Å². The Morgan fingerprint density at radius 1 is 1.27 bits per heavy atom. The Hall–Kier alpha value is -0.890. The van der Waals surface area contributed by atoms with Crippen molar-refractivity contribution in [1.29, 1.82) is 5.26 Å². The molecule has 0 aliphatic heterocycles. The SMILES string of the molecule is N#CCCCCC(=O)c1ccc(I)cc1. The van der Waals surface area contributed by atoms with Crippen LogP contribution in [0.15, 0.2) is 24.3 Å². The number of hydrogen-bond donors (Lipinski definition) is 0. The molecule has 0 atom stereocenters. The second kappa shape index (κ2) is 6.57. The van der Waals surface area contributed by atoms with E-state index in [4.69, 9.17) is 5.26 Å². The molecule has 2 nitrogen and oxygen atoms in total. The lowest BCUT2D eigenvalue weighted by atomic mass is 10.1. The molecule has 0 spiro atoms. The summed E-state index contributed by atoms with van der Waals surface area (Å²) in [5.41, 5.74) is 0.771. The molecule has 0 heterocycles. The Balaban J connectivity index is 2.41. The molecule has 3 heteroatoms. The number of carbonyl (C=O) groups excluding carboxylic acids is 1. The fraction of sp³-hybridized carbons (Fsp3) is 0.333. The molecular weight excluding hydrogens is 301 g/mol. The number of carbonyl (C=O) groups is 1. The summed E-state index contributed by atoms with van der Waals surface area (Å²) in [6, 6.07) is 9.65. The van der Waals surface area contributed by atoms with Crippen molar-refractivity contribution < 1.29 is 4.79 Å². The molecule has 0 aliphatic rings. The van der Waals surface area contributed by atoms with Crippen LogP contribution in [0.2, 0.25) is 0 Å². The average molecular weight is 313 g/mol. The predicted molar refractivity (Wildman–Crippen MR) is 67.6 cm³/mol. The van der Waals surface area contributed by atoms with Crippen LogP contribution < -0.4 is 0 Å². The van der Waals surface area contributed by atoms with Gasteiger partial charge in [-0.3, -0.25) is 4.79 Å². The molecule has 0 N–H and O–H groups in total. The lowest BCUT2D eigenvalue weighted by Gasteiger charge is -1.99. The zero-order valence-electron chi connectivity index (χ0n) is 8.37. The van der Waals surface area contributed by atoms with Gasteiger partial charge in [-0.1, -0.05) is 12.1 Å². The molecule has 0 amide bonds. The van der Waals surface area contributed by atoms with E-state index >= 15 is 0 Å². The van der Waals surface area contributed by atoms with Crippen molar-refractivity contribution in [3.05, 3.63) is 33.4 Å². The summed E-state index contributed by atoms with van der Waals surface area (Å²) in [4.78, 5) is 11.6. The molecule has 78 valence electrons. The first-order valence-electron chi connectivity index (χ1n) is 4.90. The van der Waals surface area contributed by atoms with Gasteiger partial charge in [-0.05, 0) is 47.6 Å². The maximum atomic E-state index is 11.6. The van der Waals surface area contributed by atoms with Crippen molar-refractivity contribution >= 4 is 28.4 Å². The van der Waals surface area contributed by atoms with Gasteiger partial charge in [-0.25, -0.2) is 0 Å². The fourth-order valence-electron chi connectivity index (χ4n) is 1.27. The number of rotatable bonds is 5. The van der Waals surface area contributed by atoms with Crippen LogP contribution in [0.4, 0.5) is 0 Å². The number of nitriles is 1. The summed E-state index contributed by atoms with van der Waals surface area (Å²) in [6.45, 7) is 0. The third-order valence-electron chi connectivity index (χ3n) is 2.11. The van der Waals surface area contributed by atoms with Crippen LogP contribution in [0.1, 0.15) is 36.0 Å². The lowest BCUT2D eigenvalue weighted by molar-refractivity contribution is 0.0979. The largest absolute Gasteiger partial charge is 0.294 e. The van der Waals surface area contributed by atoms with Gasteiger partial charge in [0.25, 0.3) is 0 Å². The van der Waals surface area contributed by atoms with E-state index in [-0.39, 0.29) is 5.78 Å². The maximum absolute atomic E-state index is 11.6. The third kappa shape index (κ3) is 4.43. The van der Waals surface area contributed by atoms with E-state index in [0.29, 0.717) is 12.8 Å². The van der Waals surface area contributed by atoms with Crippen molar-refractivity contribution in [3.63, 3.8) is 0 Å². The van der Waals surface area contributed by atoms with Crippen LogP contribution in [0.3, 0.4) is 0 Å². The highest BCUT2D eigenvalue weighted by atomic mass is 127. The zero-order chi connectivity index (χ0) is 11.1. The van der Waals surface area contributed by atoms with Gasteiger partial charge in [-0.15, -0.1) is 0 Å². The number of halogens is 1. The topological polar surface area (TPSA) is 40.9 Å². The number of unbranched alkanes of at least 4 members (excludes halogenated alkanes) is 2. The summed E-state index contributed by atoms with van der Waals surface area (Å²) in [6.07, 6.45) is 2.70. The third-order valence-corrected chi connectivity index (χ3v) is 2.83. The van der Waals surface area contributed by atoms with Gasteiger partial charge in [0.15, 0.2) is 5.78 Å². The standard InChI is InChI=1S/C12H12INO/c13-11-7-5-10(6-8-11)12(15)4-2-1-3-9-14/h5-8H,1-4H2. The molecule has 0 unspecified atom stereocenters. The summed E-state index contributed by atoms with van der Waals surface area (Å²) >= 11 is 2.21. The van der Waals surface area contributed by atoms with Crippen molar-refractivity contribution in [2.24, 2.45) is 0 Å². The normalized spacial score (nSPS) is 9.60. The summed E-state index contributed by atoms with van der Waals surface area (Å²) < 4.78 is 1.13. The van der Waals surface area contributed by atoms with Crippen molar-refractivity contribution in [3.8, 4) is 6.07 Å². The number of hydrogen-bond acceptors (Lipinski definition) is 2. The van der Waals surface area contributed by atoms with Gasteiger partial charge in [0.2, 0.25) is 0 Å². The second-order valence-electron chi connectivity index (χ2n) is 3.30. The average Bonchev–Trinajstić information content (AvgIpc) is 2.25. The molecule has 0 saturated heterocycles. The Morgan fingerprint density at radius 2 is 1.93 bits per heavy atom. The van der Waals surface area contributed by atoms with E-state index < -0.39 is 0 Å². The molecule has 1 aromatic carbocycles. The van der Waals surface area contributed by atoms with Gasteiger partial charge in [0.1, 0.15) is 0 Å². The smallest absolute Gasteiger partial charge is 0.162 e. The van der Waals surface area contributed by atoms with Crippen LogP contribution >= 0.6 is 22.6 Å². The van der Waals surface area contributed by atoms with Gasteiger partial charge >= 0.3 is 0 Å². The minimum atomic E-state index is 0.171. The maximum Gasteiger partial charge on any atom is 0.162 e. The quantitative estimate of drug-likeness (QED) is 0.474. The molecule has 1 aromatic rings. The minimum absolute atomic E-state index is 0.171. The number of ketones is 1. The Morgan fingerprint density at radius 3 is 2.53 bits per heavy atom. The zero-order valence-corrected chi connectivity index (χ0v) is 10.5. The highest BCUT2D eigenvalue weighted by molar-refractivity contribution is 14.1. The van der Waals surface area contributed by atoms with Crippen LogP contribution in [-0.4, -0.2) is 5.78 Å². The highest BCUT2D eigenvalue weighted by Gasteiger charge is 2.04.